The number of nitrogens with one attached hydrogen (secondary N) is 1. The first-order chi connectivity index (χ1) is 6.17. The molecule has 0 radical (unpaired) electrons. The van der Waals surface area contributed by atoms with E-state index < -0.39 is 4.81 Å². The molecule has 1 atom stereocenters. The van der Waals surface area contributed by atoms with Crippen LogP contribution in [0.4, 0.5) is 5.82 Å². The first kappa shape index (κ1) is 10.2. The Balaban J connectivity index is 2.46. The molecule has 0 bridgehead atoms. The molecule has 1 heterocycles. The normalized spacial score (nSPS) is 15.6. The molecule has 4 nitrogen and oxygen atoms in total. The average Bonchev–Trinajstić information content (AvgIpc) is 2.56. The Hall–Kier alpha value is -0.840. The summed E-state index contributed by atoms with van der Waals surface area (Å²) in [6.07, 6.45) is 4.40. The van der Waals surface area contributed by atoms with Gasteiger partial charge in [-0.25, -0.2) is 5.21 Å². The second-order valence-corrected chi connectivity index (χ2v) is 3.19. The van der Waals surface area contributed by atoms with E-state index in [-0.39, 0.29) is 6.54 Å². The maximum absolute atomic E-state index is 11.5. The van der Waals surface area contributed by atoms with Gasteiger partial charge in [0.1, 0.15) is 6.54 Å². The summed E-state index contributed by atoms with van der Waals surface area (Å²) in [6.45, 7) is 2.28. The van der Waals surface area contributed by atoms with Crippen LogP contribution in [0, 0.1) is 5.21 Å². The van der Waals surface area contributed by atoms with Gasteiger partial charge >= 0.3 is 0 Å². The van der Waals surface area contributed by atoms with E-state index in [9.17, 15) is 10.4 Å². The molecule has 0 aliphatic heterocycles. The van der Waals surface area contributed by atoms with Crippen molar-refractivity contribution in [2.45, 2.75) is 26.2 Å². The minimum atomic E-state index is -1.28. The van der Waals surface area contributed by atoms with Gasteiger partial charge in [0, 0.05) is 18.7 Å². The second-order valence-electron chi connectivity index (χ2n) is 3.19. The SMILES string of the molecule is CCCCC[N+]([O-])(O)c1ccc[nH]1. The Morgan fingerprint density at radius 1 is 1.54 bits per heavy atom. The molecule has 13 heavy (non-hydrogen) atoms. The lowest BCUT2D eigenvalue weighted by Crippen LogP contribution is -2.40. The van der Waals surface area contributed by atoms with Crippen LogP contribution in [0.3, 0.4) is 0 Å². The van der Waals surface area contributed by atoms with E-state index in [1.165, 1.54) is 0 Å². The van der Waals surface area contributed by atoms with Crippen LogP contribution < -0.4 is 4.81 Å². The van der Waals surface area contributed by atoms with Gasteiger partial charge in [-0.05, 0) is 12.5 Å². The van der Waals surface area contributed by atoms with Crippen molar-refractivity contribution >= 4 is 5.82 Å². The minimum Gasteiger partial charge on any atom is -0.592 e. The summed E-state index contributed by atoms with van der Waals surface area (Å²) in [7, 11) is 0. The highest BCUT2D eigenvalue weighted by molar-refractivity contribution is 5.32. The Labute approximate surface area is 77.9 Å². The van der Waals surface area contributed by atoms with E-state index in [4.69, 9.17) is 0 Å². The number of hydroxylamine groups is 2. The zero-order chi connectivity index (χ0) is 9.73. The number of rotatable bonds is 5. The number of hydrogen-bond donors (Lipinski definition) is 2. The molecule has 0 aliphatic rings. The average molecular weight is 184 g/mol. The molecule has 2 N–H and O–H groups in total. The maximum atomic E-state index is 11.5. The summed E-state index contributed by atoms with van der Waals surface area (Å²) >= 11 is 0. The number of quaternary nitrogens is 1. The number of aromatic nitrogens is 1. The Bertz CT molecular complexity index is 232. The van der Waals surface area contributed by atoms with Gasteiger partial charge in [0.2, 0.25) is 5.82 Å². The molecule has 0 saturated carbocycles. The van der Waals surface area contributed by atoms with Crippen LogP contribution in [0.1, 0.15) is 26.2 Å². The lowest BCUT2D eigenvalue weighted by Gasteiger charge is -2.31. The Morgan fingerprint density at radius 3 is 2.85 bits per heavy atom. The van der Waals surface area contributed by atoms with Crippen molar-refractivity contribution in [2.75, 3.05) is 6.54 Å². The number of hydrogen-bond acceptors (Lipinski definition) is 2. The molecule has 1 aromatic heterocycles. The van der Waals surface area contributed by atoms with Crippen LogP contribution in [0.2, 0.25) is 0 Å². The number of H-pyrrole nitrogens is 1. The van der Waals surface area contributed by atoms with Gasteiger partial charge in [0.25, 0.3) is 0 Å². The molecule has 1 unspecified atom stereocenters. The fraction of sp³-hybridized carbons (Fsp3) is 0.556. The summed E-state index contributed by atoms with van der Waals surface area (Å²) in [5.74, 6) is 0.302. The van der Waals surface area contributed by atoms with Gasteiger partial charge in [-0.2, -0.15) is 4.81 Å². The third-order valence-corrected chi connectivity index (χ3v) is 2.02. The lowest BCUT2D eigenvalue weighted by molar-refractivity contribution is -0.0354. The number of unbranched alkanes of at least 4 members (excludes halogenated alkanes) is 2. The highest BCUT2D eigenvalue weighted by Crippen LogP contribution is 2.17. The van der Waals surface area contributed by atoms with E-state index in [1.807, 2.05) is 0 Å². The molecule has 0 fully saturated rings. The van der Waals surface area contributed by atoms with Crippen LogP contribution in [-0.2, 0) is 0 Å². The Kier molecular flexibility index (Phi) is 3.48. The van der Waals surface area contributed by atoms with Crippen LogP contribution in [0.25, 0.3) is 0 Å². The van der Waals surface area contributed by atoms with Crippen LogP contribution >= 0.6 is 0 Å². The quantitative estimate of drug-likeness (QED) is 0.419. The largest absolute Gasteiger partial charge is 0.592 e. The van der Waals surface area contributed by atoms with Gasteiger partial charge in [0.15, 0.2) is 0 Å². The zero-order valence-electron chi connectivity index (χ0n) is 7.86. The highest BCUT2D eigenvalue weighted by Gasteiger charge is 2.17. The smallest absolute Gasteiger partial charge is 0.238 e. The molecule has 4 heteroatoms. The first-order valence-corrected chi connectivity index (χ1v) is 4.62. The van der Waals surface area contributed by atoms with Gasteiger partial charge in [-0.3, -0.25) is 0 Å². The zero-order valence-corrected chi connectivity index (χ0v) is 7.86. The Morgan fingerprint density at radius 2 is 2.31 bits per heavy atom. The molecule has 0 aromatic carbocycles. The number of nitrogens with zero attached hydrogens (tertiary/aromatic N) is 1. The predicted octanol–water partition coefficient (Wildman–Crippen LogP) is 2.40. The van der Waals surface area contributed by atoms with Gasteiger partial charge in [0.05, 0.1) is 0 Å². The molecule has 0 saturated heterocycles. The van der Waals surface area contributed by atoms with Crippen molar-refractivity contribution in [3.63, 3.8) is 0 Å². The third-order valence-electron chi connectivity index (χ3n) is 2.02. The first-order valence-electron chi connectivity index (χ1n) is 4.62. The van der Waals surface area contributed by atoms with Crippen molar-refractivity contribution in [3.05, 3.63) is 23.5 Å². The fourth-order valence-corrected chi connectivity index (χ4v) is 1.23. The predicted molar refractivity (Wildman–Crippen MR) is 52.1 cm³/mol. The molecule has 0 spiro atoms. The van der Waals surface area contributed by atoms with Crippen LogP contribution in [-0.4, -0.2) is 16.7 Å². The molecule has 74 valence electrons. The summed E-state index contributed by atoms with van der Waals surface area (Å²) in [6, 6.07) is 3.30. The molecule has 0 amide bonds. The second kappa shape index (κ2) is 4.41. The molecular formula is C9H16N2O2. The summed E-state index contributed by atoms with van der Waals surface area (Å²) < 4.78 is 0. The maximum Gasteiger partial charge on any atom is 0.238 e. The van der Waals surface area contributed by atoms with Crippen molar-refractivity contribution in [3.8, 4) is 0 Å². The van der Waals surface area contributed by atoms with E-state index in [2.05, 4.69) is 11.9 Å². The molecule has 0 aliphatic carbocycles. The fourth-order valence-electron chi connectivity index (χ4n) is 1.23. The van der Waals surface area contributed by atoms with Crippen LogP contribution in [0.5, 0.6) is 0 Å². The van der Waals surface area contributed by atoms with Crippen LogP contribution in [0.15, 0.2) is 18.3 Å². The van der Waals surface area contributed by atoms with Gasteiger partial charge in [-0.15, -0.1) is 0 Å². The van der Waals surface area contributed by atoms with Crippen molar-refractivity contribution in [2.24, 2.45) is 0 Å². The van der Waals surface area contributed by atoms with Crippen molar-refractivity contribution < 1.29 is 5.21 Å². The van der Waals surface area contributed by atoms with Crippen molar-refractivity contribution in [1.29, 1.82) is 0 Å². The summed E-state index contributed by atoms with van der Waals surface area (Å²) in [4.78, 5) is 1.43. The summed E-state index contributed by atoms with van der Waals surface area (Å²) in [5.41, 5.74) is 0. The molecule has 1 aromatic rings. The van der Waals surface area contributed by atoms with E-state index >= 15 is 0 Å². The molecular weight excluding hydrogens is 168 g/mol. The third kappa shape index (κ3) is 2.84. The van der Waals surface area contributed by atoms with E-state index in [0.717, 1.165) is 19.3 Å². The molecule has 1 rings (SSSR count). The van der Waals surface area contributed by atoms with Gasteiger partial charge < -0.3 is 10.2 Å². The summed E-state index contributed by atoms with van der Waals surface area (Å²) in [5, 5.41) is 21.0. The van der Waals surface area contributed by atoms with E-state index in [0.29, 0.717) is 5.82 Å². The minimum absolute atomic E-state index is 0.217. The monoisotopic (exact) mass is 184 g/mol. The van der Waals surface area contributed by atoms with Gasteiger partial charge in [-0.1, -0.05) is 13.3 Å². The number of aromatic amines is 1. The lowest BCUT2D eigenvalue weighted by atomic mass is 10.2. The van der Waals surface area contributed by atoms with E-state index in [1.54, 1.807) is 18.3 Å². The topological polar surface area (TPSA) is 59.1 Å². The highest BCUT2D eigenvalue weighted by atomic mass is 16.8. The van der Waals surface area contributed by atoms with Crippen molar-refractivity contribution in [1.82, 2.24) is 9.79 Å². The standard InChI is InChI=1S/C9H16N2O2/c1-2-3-4-8-11(12,13)9-6-5-7-10-9/h5-7,10,12H,2-4,8H2,1H3.